The zero-order valence-corrected chi connectivity index (χ0v) is 11.9. The lowest BCUT2D eigenvalue weighted by molar-refractivity contribution is -0.148. The Morgan fingerprint density at radius 3 is 2.55 bits per heavy atom. The molecule has 5 heteroatoms. The van der Waals surface area contributed by atoms with Crippen LogP contribution >= 0.6 is 0 Å². The summed E-state index contributed by atoms with van der Waals surface area (Å²) in [6.07, 6.45) is 0. The second-order valence-corrected chi connectivity index (χ2v) is 6.15. The third-order valence-corrected chi connectivity index (χ3v) is 3.38. The predicted molar refractivity (Wildman–Crippen MR) is 73.2 cm³/mol. The molecule has 1 aliphatic heterocycles. The van der Waals surface area contributed by atoms with Gasteiger partial charge in [-0.05, 0) is 11.5 Å². The Morgan fingerprint density at radius 2 is 1.95 bits per heavy atom. The van der Waals surface area contributed by atoms with Crippen molar-refractivity contribution >= 4 is 11.8 Å². The van der Waals surface area contributed by atoms with Gasteiger partial charge in [-0.3, -0.25) is 9.59 Å². The molecule has 1 atom stereocenters. The molecule has 0 aromatic heterocycles. The van der Waals surface area contributed by atoms with Crippen LogP contribution < -0.4 is 5.32 Å². The van der Waals surface area contributed by atoms with Gasteiger partial charge in [-0.25, -0.2) is 4.39 Å². The number of piperazine rings is 1. The molecule has 1 saturated heterocycles. The number of hydrogen-bond donors (Lipinski definition) is 1. The second-order valence-electron chi connectivity index (χ2n) is 6.15. The van der Waals surface area contributed by atoms with Gasteiger partial charge in [-0.1, -0.05) is 39.0 Å². The lowest BCUT2D eigenvalue weighted by Crippen LogP contribution is -2.61. The number of amides is 2. The highest BCUT2D eigenvalue weighted by molar-refractivity contribution is 5.95. The third-order valence-electron chi connectivity index (χ3n) is 3.38. The van der Waals surface area contributed by atoms with Crippen molar-refractivity contribution in [2.75, 3.05) is 6.54 Å². The molecule has 20 heavy (non-hydrogen) atoms. The van der Waals surface area contributed by atoms with E-state index in [0.717, 1.165) is 0 Å². The van der Waals surface area contributed by atoms with Crippen molar-refractivity contribution < 1.29 is 14.0 Å². The van der Waals surface area contributed by atoms with Gasteiger partial charge < -0.3 is 10.2 Å². The van der Waals surface area contributed by atoms with E-state index in [1.165, 1.54) is 11.0 Å². The highest BCUT2D eigenvalue weighted by Crippen LogP contribution is 2.24. The van der Waals surface area contributed by atoms with E-state index in [0.29, 0.717) is 5.56 Å². The molecule has 0 radical (unpaired) electrons. The first-order valence-corrected chi connectivity index (χ1v) is 6.60. The zero-order chi connectivity index (χ0) is 14.9. The van der Waals surface area contributed by atoms with E-state index in [1.807, 2.05) is 20.8 Å². The predicted octanol–water partition coefficient (Wildman–Crippen LogP) is 1.70. The van der Waals surface area contributed by atoms with Gasteiger partial charge in [0.15, 0.2) is 0 Å². The zero-order valence-electron chi connectivity index (χ0n) is 11.9. The summed E-state index contributed by atoms with van der Waals surface area (Å²) >= 11 is 0. The maximum atomic E-state index is 13.7. The van der Waals surface area contributed by atoms with Crippen molar-refractivity contribution in [2.24, 2.45) is 5.41 Å². The second kappa shape index (κ2) is 5.23. The molecule has 0 bridgehead atoms. The minimum Gasteiger partial charge on any atom is -0.342 e. The standard InChI is InChI=1S/C15H19FN2O2/c1-15(2,3)13-14(20)18(9-12(19)17-13)8-10-6-4-5-7-11(10)16/h4-7,13H,8-9H2,1-3H3,(H,17,19). The first-order chi connectivity index (χ1) is 9.29. The molecular formula is C15H19FN2O2. The van der Waals surface area contributed by atoms with Gasteiger partial charge >= 0.3 is 0 Å². The molecule has 1 heterocycles. The fourth-order valence-electron chi connectivity index (χ4n) is 2.26. The van der Waals surface area contributed by atoms with Crippen LogP contribution in [0.5, 0.6) is 0 Å². The summed E-state index contributed by atoms with van der Waals surface area (Å²) in [5.41, 5.74) is 0.0453. The molecule has 1 aromatic carbocycles. The van der Waals surface area contributed by atoms with Crippen molar-refractivity contribution in [3.8, 4) is 0 Å². The molecular weight excluding hydrogens is 259 g/mol. The van der Waals surface area contributed by atoms with Crippen LogP contribution in [0.15, 0.2) is 24.3 Å². The van der Waals surface area contributed by atoms with E-state index in [-0.39, 0.29) is 36.1 Å². The summed E-state index contributed by atoms with van der Waals surface area (Å²) in [7, 11) is 0. The van der Waals surface area contributed by atoms with E-state index >= 15 is 0 Å². The molecule has 1 aliphatic rings. The Morgan fingerprint density at radius 1 is 1.30 bits per heavy atom. The van der Waals surface area contributed by atoms with E-state index in [9.17, 15) is 14.0 Å². The monoisotopic (exact) mass is 278 g/mol. The largest absolute Gasteiger partial charge is 0.342 e. The summed E-state index contributed by atoms with van der Waals surface area (Å²) in [6.45, 7) is 5.76. The summed E-state index contributed by atoms with van der Waals surface area (Å²) < 4.78 is 13.7. The lowest BCUT2D eigenvalue weighted by Gasteiger charge is -2.38. The Bertz CT molecular complexity index is 537. The number of nitrogens with one attached hydrogen (secondary N) is 1. The van der Waals surface area contributed by atoms with E-state index in [2.05, 4.69) is 5.32 Å². The summed E-state index contributed by atoms with van der Waals surface area (Å²) in [6, 6.07) is 5.72. The number of carbonyl (C=O) groups excluding carboxylic acids is 2. The molecule has 1 unspecified atom stereocenters. The van der Waals surface area contributed by atoms with E-state index in [4.69, 9.17) is 0 Å². The number of hydrogen-bond acceptors (Lipinski definition) is 2. The Labute approximate surface area is 118 Å². The van der Waals surface area contributed by atoms with Gasteiger partial charge in [-0.15, -0.1) is 0 Å². The molecule has 0 spiro atoms. The van der Waals surface area contributed by atoms with E-state index < -0.39 is 6.04 Å². The molecule has 0 aliphatic carbocycles. The maximum absolute atomic E-state index is 13.7. The van der Waals surface area contributed by atoms with Crippen LogP contribution in [0.2, 0.25) is 0 Å². The summed E-state index contributed by atoms with van der Waals surface area (Å²) in [5, 5.41) is 2.71. The number of nitrogens with zero attached hydrogens (tertiary/aromatic N) is 1. The molecule has 0 saturated carbocycles. The molecule has 4 nitrogen and oxygen atoms in total. The van der Waals surface area contributed by atoms with Gasteiger partial charge in [0.1, 0.15) is 11.9 Å². The van der Waals surface area contributed by atoms with Crippen molar-refractivity contribution in [3.63, 3.8) is 0 Å². The van der Waals surface area contributed by atoms with Crippen LogP contribution in [0.4, 0.5) is 4.39 Å². The van der Waals surface area contributed by atoms with Crippen LogP contribution in [0.1, 0.15) is 26.3 Å². The molecule has 108 valence electrons. The average Bonchev–Trinajstić information content (AvgIpc) is 2.34. The summed E-state index contributed by atoms with van der Waals surface area (Å²) in [4.78, 5) is 25.6. The number of rotatable bonds is 2. The van der Waals surface area contributed by atoms with Gasteiger partial charge in [-0.2, -0.15) is 0 Å². The van der Waals surface area contributed by atoms with Gasteiger partial charge in [0.05, 0.1) is 6.54 Å². The molecule has 1 fully saturated rings. The van der Waals surface area contributed by atoms with Crippen molar-refractivity contribution in [2.45, 2.75) is 33.4 Å². The maximum Gasteiger partial charge on any atom is 0.246 e. The number of carbonyl (C=O) groups is 2. The topological polar surface area (TPSA) is 49.4 Å². The van der Waals surface area contributed by atoms with Crippen molar-refractivity contribution in [1.82, 2.24) is 10.2 Å². The molecule has 2 rings (SSSR count). The molecule has 2 amide bonds. The van der Waals surface area contributed by atoms with Crippen LogP contribution in [0.25, 0.3) is 0 Å². The van der Waals surface area contributed by atoms with Gasteiger partial charge in [0.2, 0.25) is 11.8 Å². The number of benzene rings is 1. The van der Waals surface area contributed by atoms with E-state index in [1.54, 1.807) is 18.2 Å². The average molecular weight is 278 g/mol. The highest BCUT2D eigenvalue weighted by Gasteiger charge is 2.39. The minimum atomic E-state index is -0.574. The minimum absolute atomic E-state index is 0.0280. The Kier molecular flexibility index (Phi) is 3.79. The number of halogens is 1. The quantitative estimate of drug-likeness (QED) is 0.895. The Balaban J connectivity index is 2.21. The normalized spacial score (nSPS) is 20.0. The van der Waals surface area contributed by atoms with Crippen molar-refractivity contribution in [1.29, 1.82) is 0 Å². The molecule has 1 aromatic rings. The van der Waals surface area contributed by atoms with Crippen LogP contribution in [0.3, 0.4) is 0 Å². The van der Waals surface area contributed by atoms with Crippen LogP contribution in [-0.2, 0) is 16.1 Å². The summed E-state index contributed by atoms with van der Waals surface area (Å²) in [5.74, 6) is -0.736. The van der Waals surface area contributed by atoms with Crippen LogP contribution in [0, 0.1) is 11.2 Å². The van der Waals surface area contributed by atoms with Crippen LogP contribution in [-0.4, -0.2) is 29.3 Å². The first-order valence-electron chi connectivity index (χ1n) is 6.60. The smallest absolute Gasteiger partial charge is 0.246 e. The van der Waals surface area contributed by atoms with Crippen molar-refractivity contribution in [3.05, 3.63) is 35.6 Å². The Hall–Kier alpha value is -1.91. The fourth-order valence-corrected chi connectivity index (χ4v) is 2.26. The first kappa shape index (κ1) is 14.5. The van der Waals surface area contributed by atoms with Gasteiger partial charge in [0, 0.05) is 12.1 Å². The highest BCUT2D eigenvalue weighted by atomic mass is 19.1. The molecule has 1 N–H and O–H groups in total. The third kappa shape index (κ3) is 2.98. The SMILES string of the molecule is CC(C)(C)C1NC(=O)CN(Cc2ccccc2F)C1=O. The lowest BCUT2D eigenvalue weighted by atomic mass is 9.84. The fraction of sp³-hybridized carbons (Fsp3) is 0.467. The van der Waals surface area contributed by atoms with Gasteiger partial charge in [0.25, 0.3) is 0 Å².